The van der Waals surface area contributed by atoms with E-state index < -0.39 is 0 Å². The van der Waals surface area contributed by atoms with Crippen LogP contribution >= 0.6 is 11.8 Å². The molecule has 1 aromatic heterocycles. The van der Waals surface area contributed by atoms with Gasteiger partial charge in [-0.3, -0.25) is 0 Å². The van der Waals surface area contributed by atoms with Gasteiger partial charge in [-0.05, 0) is 5.56 Å². The zero-order chi connectivity index (χ0) is 16.8. The van der Waals surface area contributed by atoms with E-state index in [0.717, 1.165) is 16.5 Å². The Balaban J connectivity index is 1.46. The van der Waals surface area contributed by atoms with Crippen molar-refractivity contribution in [1.82, 2.24) is 19.7 Å². The van der Waals surface area contributed by atoms with Gasteiger partial charge in [-0.2, -0.15) is 0 Å². The summed E-state index contributed by atoms with van der Waals surface area (Å²) in [5, 5.41) is 8.72. The second-order valence-electron chi connectivity index (χ2n) is 5.51. The summed E-state index contributed by atoms with van der Waals surface area (Å²) in [6.45, 7) is 1.89. The number of benzene rings is 1. The Morgan fingerprint density at radius 3 is 3.00 bits per heavy atom. The number of morpholine rings is 1. The van der Waals surface area contributed by atoms with E-state index >= 15 is 0 Å². The van der Waals surface area contributed by atoms with Crippen LogP contribution in [0.5, 0.6) is 0 Å². The Bertz CT molecular complexity index is 664. The first-order valence-corrected chi connectivity index (χ1v) is 8.75. The Morgan fingerprint density at radius 2 is 2.25 bits per heavy atom. The minimum atomic E-state index is -0.296. The first kappa shape index (κ1) is 16.8. The van der Waals surface area contributed by atoms with Crippen LogP contribution in [0.2, 0.25) is 0 Å². The van der Waals surface area contributed by atoms with Crippen molar-refractivity contribution in [3.8, 4) is 0 Å². The van der Waals surface area contributed by atoms with E-state index in [2.05, 4.69) is 10.2 Å². The summed E-state index contributed by atoms with van der Waals surface area (Å²) in [5.74, 6) is 0.717. The van der Waals surface area contributed by atoms with Gasteiger partial charge >= 0.3 is 6.09 Å². The first-order valence-electron chi connectivity index (χ1n) is 7.76. The lowest BCUT2D eigenvalue weighted by Gasteiger charge is -2.32. The van der Waals surface area contributed by atoms with Gasteiger partial charge in [0.2, 0.25) is 0 Å². The highest BCUT2D eigenvalue weighted by Gasteiger charge is 2.25. The molecule has 2 heterocycles. The maximum absolute atomic E-state index is 12.2. The van der Waals surface area contributed by atoms with Gasteiger partial charge in [0.25, 0.3) is 0 Å². The molecule has 1 atom stereocenters. The normalized spacial score (nSPS) is 17.7. The van der Waals surface area contributed by atoms with Gasteiger partial charge in [-0.15, -0.1) is 10.2 Å². The molecule has 0 bridgehead atoms. The molecule has 1 saturated heterocycles. The van der Waals surface area contributed by atoms with E-state index in [1.165, 1.54) is 0 Å². The molecule has 8 heteroatoms. The SMILES string of the molecule is Cn1cnnc1SCC1CN(C(=O)OCc2ccccc2)CCO1. The van der Waals surface area contributed by atoms with Gasteiger partial charge in [-0.1, -0.05) is 42.1 Å². The van der Waals surface area contributed by atoms with Crippen LogP contribution in [0.4, 0.5) is 4.79 Å². The van der Waals surface area contributed by atoms with Gasteiger partial charge in [0, 0.05) is 19.3 Å². The molecule has 0 saturated carbocycles. The summed E-state index contributed by atoms with van der Waals surface area (Å²) in [6, 6.07) is 9.67. The standard InChI is InChI=1S/C16H20N4O3S/c1-19-12-17-18-15(19)24-11-14-9-20(7-8-22-14)16(21)23-10-13-5-3-2-4-6-13/h2-6,12,14H,7-11H2,1H3. The molecule has 3 rings (SSSR count). The van der Waals surface area contributed by atoms with Crippen molar-refractivity contribution in [2.24, 2.45) is 7.05 Å². The summed E-state index contributed by atoms with van der Waals surface area (Å²) in [7, 11) is 1.90. The fourth-order valence-electron chi connectivity index (χ4n) is 2.37. The lowest BCUT2D eigenvalue weighted by atomic mass is 10.2. The minimum absolute atomic E-state index is 0.0373. The molecular formula is C16H20N4O3S. The topological polar surface area (TPSA) is 69.5 Å². The third-order valence-corrected chi connectivity index (χ3v) is 4.84. The Kier molecular flexibility index (Phi) is 5.71. The van der Waals surface area contributed by atoms with Crippen molar-refractivity contribution < 1.29 is 14.3 Å². The number of nitrogens with zero attached hydrogens (tertiary/aromatic N) is 4. The van der Waals surface area contributed by atoms with Crippen molar-refractivity contribution in [2.75, 3.05) is 25.4 Å². The second-order valence-corrected chi connectivity index (χ2v) is 6.50. The third kappa shape index (κ3) is 4.48. The molecule has 7 nitrogen and oxygen atoms in total. The summed E-state index contributed by atoms with van der Waals surface area (Å²) in [6.07, 6.45) is 1.33. The highest BCUT2D eigenvalue weighted by molar-refractivity contribution is 7.99. The molecule has 128 valence electrons. The zero-order valence-corrected chi connectivity index (χ0v) is 14.3. The lowest BCUT2D eigenvalue weighted by Crippen LogP contribution is -2.46. The number of hydrogen-bond acceptors (Lipinski definition) is 6. The number of rotatable bonds is 5. The second kappa shape index (κ2) is 8.16. The molecule has 0 aliphatic carbocycles. The number of amides is 1. The van der Waals surface area contributed by atoms with Crippen LogP contribution in [0, 0.1) is 0 Å². The van der Waals surface area contributed by atoms with Crippen molar-refractivity contribution >= 4 is 17.9 Å². The van der Waals surface area contributed by atoms with Crippen LogP contribution < -0.4 is 0 Å². The third-order valence-electron chi connectivity index (χ3n) is 3.67. The predicted molar refractivity (Wildman–Crippen MR) is 89.7 cm³/mol. The summed E-state index contributed by atoms with van der Waals surface area (Å²) in [4.78, 5) is 13.9. The Hall–Kier alpha value is -2.06. The zero-order valence-electron chi connectivity index (χ0n) is 13.5. The average molecular weight is 348 g/mol. The minimum Gasteiger partial charge on any atom is -0.445 e. The van der Waals surface area contributed by atoms with E-state index in [9.17, 15) is 4.79 Å². The fraction of sp³-hybridized carbons (Fsp3) is 0.438. The molecule has 1 aliphatic heterocycles. The maximum Gasteiger partial charge on any atom is 0.410 e. The van der Waals surface area contributed by atoms with Crippen LogP contribution in [-0.2, 0) is 23.1 Å². The van der Waals surface area contributed by atoms with Crippen molar-refractivity contribution in [1.29, 1.82) is 0 Å². The van der Waals surface area contributed by atoms with Gasteiger partial charge in [0.15, 0.2) is 5.16 Å². The van der Waals surface area contributed by atoms with E-state index in [1.54, 1.807) is 23.0 Å². The highest BCUT2D eigenvalue weighted by atomic mass is 32.2. The molecule has 1 aliphatic rings. The number of ether oxygens (including phenoxy) is 2. The molecule has 0 N–H and O–H groups in total. The fourth-order valence-corrected chi connectivity index (χ4v) is 3.26. The number of aromatic nitrogens is 3. The smallest absolute Gasteiger partial charge is 0.410 e. The number of carbonyl (C=O) groups excluding carboxylic acids is 1. The largest absolute Gasteiger partial charge is 0.445 e. The quantitative estimate of drug-likeness (QED) is 0.769. The van der Waals surface area contributed by atoms with Crippen LogP contribution in [0.3, 0.4) is 0 Å². The number of aryl methyl sites for hydroxylation is 1. The molecule has 2 aromatic rings. The van der Waals surface area contributed by atoms with Gasteiger partial charge < -0.3 is 18.9 Å². The van der Waals surface area contributed by atoms with Crippen molar-refractivity contribution in [3.63, 3.8) is 0 Å². The van der Waals surface area contributed by atoms with Gasteiger partial charge in [0.05, 0.1) is 19.3 Å². The number of thioether (sulfide) groups is 1. The number of hydrogen-bond donors (Lipinski definition) is 0. The van der Waals surface area contributed by atoms with Crippen LogP contribution in [0.25, 0.3) is 0 Å². The summed E-state index contributed by atoms with van der Waals surface area (Å²) in [5.41, 5.74) is 0.980. The van der Waals surface area contributed by atoms with Gasteiger partial charge in [-0.25, -0.2) is 4.79 Å². The van der Waals surface area contributed by atoms with Crippen LogP contribution in [0.1, 0.15) is 5.56 Å². The monoisotopic (exact) mass is 348 g/mol. The Morgan fingerprint density at radius 1 is 1.42 bits per heavy atom. The molecule has 1 aromatic carbocycles. The summed E-state index contributed by atoms with van der Waals surface area (Å²) < 4.78 is 13.0. The molecule has 0 radical (unpaired) electrons. The predicted octanol–water partition coefficient (Wildman–Crippen LogP) is 1.94. The molecule has 1 unspecified atom stereocenters. The van der Waals surface area contributed by atoms with Gasteiger partial charge in [0.1, 0.15) is 12.9 Å². The average Bonchev–Trinajstić information content (AvgIpc) is 3.04. The molecule has 0 spiro atoms. The molecule has 24 heavy (non-hydrogen) atoms. The highest BCUT2D eigenvalue weighted by Crippen LogP contribution is 2.18. The van der Waals surface area contributed by atoms with E-state index in [-0.39, 0.29) is 18.8 Å². The maximum atomic E-state index is 12.2. The number of carbonyl (C=O) groups is 1. The van der Waals surface area contributed by atoms with E-state index in [1.807, 2.05) is 41.9 Å². The van der Waals surface area contributed by atoms with Crippen molar-refractivity contribution in [2.45, 2.75) is 17.9 Å². The van der Waals surface area contributed by atoms with Crippen LogP contribution in [0.15, 0.2) is 41.8 Å². The van der Waals surface area contributed by atoms with Crippen molar-refractivity contribution in [3.05, 3.63) is 42.2 Å². The molecular weight excluding hydrogens is 328 g/mol. The Labute approximate surface area is 145 Å². The lowest BCUT2D eigenvalue weighted by molar-refractivity contribution is -0.0171. The summed E-state index contributed by atoms with van der Waals surface area (Å²) >= 11 is 1.57. The molecule has 1 amide bonds. The van der Waals surface area contributed by atoms with E-state index in [4.69, 9.17) is 9.47 Å². The first-order chi connectivity index (χ1) is 11.7. The molecule has 1 fully saturated rings. The van der Waals surface area contributed by atoms with Crippen LogP contribution in [-0.4, -0.2) is 57.3 Å². The van der Waals surface area contributed by atoms with E-state index in [0.29, 0.717) is 19.7 Å².